The Kier molecular flexibility index (Phi) is 5.10. The third-order valence-corrected chi connectivity index (χ3v) is 2.62. The largest absolute Gasteiger partial charge is 0.396 e. The Hall–Kier alpha value is -1.24. The standard InChI is InChI=1S/C12H15ClN2O/c1-2-15(6-3-7-16)12-8-11(13)5-4-10(12)9-14/h4-5,8,16H,2-3,6-7H2,1H3. The normalized spacial score (nSPS) is 9.88. The van der Waals surface area contributed by atoms with E-state index in [-0.39, 0.29) is 6.61 Å². The van der Waals surface area contributed by atoms with Crippen LogP contribution < -0.4 is 4.90 Å². The van der Waals surface area contributed by atoms with Gasteiger partial charge < -0.3 is 10.0 Å². The average molecular weight is 239 g/mol. The Balaban J connectivity index is 2.98. The second-order valence-corrected chi connectivity index (χ2v) is 3.87. The molecule has 0 aliphatic heterocycles. The highest BCUT2D eigenvalue weighted by molar-refractivity contribution is 6.30. The fourth-order valence-corrected chi connectivity index (χ4v) is 1.74. The first kappa shape index (κ1) is 12.8. The van der Waals surface area contributed by atoms with Crippen LogP contribution in [0.3, 0.4) is 0 Å². The van der Waals surface area contributed by atoms with E-state index in [0.29, 0.717) is 17.0 Å². The summed E-state index contributed by atoms with van der Waals surface area (Å²) in [6.07, 6.45) is 0.686. The smallest absolute Gasteiger partial charge is 0.101 e. The number of hydrogen-bond acceptors (Lipinski definition) is 3. The zero-order chi connectivity index (χ0) is 12.0. The van der Waals surface area contributed by atoms with Gasteiger partial charge in [-0.1, -0.05) is 11.6 Å². The Bertz CT molecular complexity index is 387. The molecule has 0 amide bonds. The summed E-state index contributed by atoms with van der Waals surface area (Å²) < 4.78 is 0. The summed E-state index contributed by atoms with van der Waals surface area (Å²) in [5.74, 6) is 0. The minimum atomic E-state index is 0.152. The van der Waals surface area contributed by atoms with E-state index in [1.165, 1.54) is 0 Å². The SMILES string of the molecule is CCN(CCCO)c1cc(Cl)ccc1C#N. The summed E-state index contributed by atoms with van der Waals surface area (Å²) in [6.45, 7) is 3.68. The molecule has 16 heavy (non-hydrogen) atoms. The molecule has 0 bridgehead atoms. The topological polar surface area (TPSA) is 47.3 Å². The van der Waals surface area contributed by atoms with Crippen molar-refractivity contribution in [3.8, 4) is 6.07 Å². The molecule has 4 heteroatoms. The van der Waals surface area contributed by atoms with Gasteiger partial charge in [-0.2, -0.15) is 5.26 Å². The van der Waals surface area contributed by atoms with Crippen LogP contribution in [0.4, 0.5) is 5.69 Å². The molecule has 0 radical (unpaired) electrons. The summed E-state index contributed by atoms with van der Waals surface area (Å²) in [6, 6.07) is 7.38. The van der Waals surface area contributed by atoms with Gasteiger partial charge in [0, 0.05) is 24.7 Å². The van der Waals surface area contributed by atoms with Gasteiger partial charge in [0.05, 0.1) is 11.3 Å². The van der Waals surface area contributed by atoms with Crippen LogP contribution in [0.2, 0.25) is 5.02 Å². The molecule has 0 aliphatic carbocycles. The third kappa shape index (κ3) is 3.13. The van der Waals surface area contributed by atoms with Crippen molar-refractivity contribution in [3.05, 3.63) is 28.8 Å². The van der Waals surface area contributed by atoms with E-state index in [9.17, 15) is 0 Å². The van der Waals surface area contributed by atoms with Gasteiger partial charge in [-0.15, -0.1) is 0 Å². The summed E-state index contributed by atoms with van der Waals surface area (Å²) in [7, 11) is 0. The van der Waals surface area contributed by atoms with Crippen LogP contribution in [0.25, 0.3) is 0 Å². The summed E-state index contributed by atoms with van der Waals surface area (Å²) in [4.78, 5) is 2.04. The molecule has 0 unspecified atom stereocenters. The van der Waals surface area contributed by atoms with E-state index in [0.717, 1.165) is 18.8 Å². The van der Waals surface area contributed by atoms with E-state index >= 15 is 0 Å². The number of rotatable bonds is 5. The van der Waals surface area contributed by atoms with Gasteiger partial charge >= 0.3 is 0 Å². The van der Waals surface area contributed by atoms with E-state index in [4.69, 9.17) is 22.0 Å². The lowest BCUT2D eigenvalue weighted by atomic mass is 10.1. The second kappa shape index (κ2) is 6.37. The highest BCUT2D eigenvalue weighted by Crippen LogP contribution is 2.24. The monoisotopic (exact) mass is 238 g/mol. The summed E-state index contributed by atoms with van der Waals surface area (Å²) in [5.41, 5.74) is 1.45. The van der Waals surface area contributed by atoms with Crippen LogP contribution in [-0.4, -0.2) is 24.8 Å². The molecule has 0 saturated heterocycles. The minimum absolute atomic E-state index is 0.152. The van der Waals surface area contributed by atoms with Crippen LogP contribution in [-0.2, 0) is 0 Å². The van der Waals surface area contributed by atoms with Gasteiger partial charge in [0.15, 0.2) is 0 Å². The van der Waals surface area contributed by atoms with Crippen molar-refractivity contribution in [1.29, 1.82) is 5.26 Å². The molecule has 1 N–H and O–H groups in total. The van der Waals surface area contributed by atoms with Gasteiger partial charge in [-0.25, -0.2) is 0 Å². The first-order chi connectivity index (χ1) is 7.72. The van der Waals surface area contributed by atoms with Crippen molar-refractivity contribution in [3.63, 3.8) is 0 Å². The molecule has 86 valence electrons. The van der Waals surface area contributed by atoms with Crippen molar-refractivity contribution < 1.29 is 5.11 Å². The van der Waals surface area contributed by atoms with Crippen LogP contribution in [0.5, 0.6) is 0 Å². The van der Waals surface area contributed by atoms with Crippen molar-refractivity contribution in [2.24, 2.45) is 0 Å². The molecule has 0 atom stereocenters. The average Bonchev–Trinajstić information content (AvgIpc) is 2.30. The summed E-state index contributed by atoms with van der Waals surface area (Å²) in [5, 5.41) is 18.5. The van der Waals surface area contributed by atoms with Crippen molar-refractivity contribution in [2.75, 3.05) is 24.6 Å². The fourth-order valence-electron chi connectivity index (χ4n) is 1.57. The van der Waals surface area contributed by atoms with Crippen LogP contribution in [0.15, 0.2) is 18.2 Å². The maximum absolute atomic E-state index is 9.01. The van der Waals surface area contributed by atoms with Crippen molar-refractivity contribution in [1.82, 2.24) is 0 Å². The number of halogens is 1. The first-order valence-corrected chi connectivity index (χ1v) is 5.66. The van der Waals surface area contributed by atoms with Crippen LogP contribution in [0.1, 0.15) is 18.9 Å². The lowest BCUT2D eigenvalue weighted by Crippen LogP contribution is -2.25. The maximum Gasteiger partial charge on any atom is 0.101 e. The molecule has 1 aromatic carbocycles. The molecule has 0 heterocycles. The fraction of sp³-hybridized carbons (Fsp3) is 0.417. The van der Waals surface area contributed by atoms with Crippen molar-refractivity contribution >= 4 is 17.3 Å². The van der Waals surface area contributed by atoms with E-state index in [1.54, 1.807) is 18.2 Å². The number of nitrogens with zero attached hydrogens (tertiary/aromatic N) is 2. The number of aliphatic hydroxyl groups is 1. The first-order valence-electron chi connectivity index (χ1n) is 5.28. The van der Waals surface area contributed by atoms with Crippen LogP contribution >= 0.6 is 11.6 Å². The predicted octanol–water partition coefficient (Wildman–Crippen LogP) is 2.42. The number of benzene rings is 1. The van der Waals surface area contributed by atoms with E-state index in [2.05, 4.69) is 6.07 Å². The van der Waals surface area contributed by atoms with E-state index in [1.807, 2.05) is 11.8 Å². The summed E-state index contributed by atoms with van der Waals surface area (Å²) >= 11 is 5.92. The molecule has 0 saturated carbocycles. The minimum Gasteiger partial charge on any atom is -0.396 e. The molecule has 0 fully saturated rings. The predicted molar refractivity (Wildman–Crippen MR) is 65.8 cm³/mol. The van der Waals surface area contributed by atoms with Gasteiger partial charge in [-0.3, -0.25) is 0 Å². The highest BCUT2D eigenvalue weighted by Gasteiger charge is 2.09. The lowest BCUT2D eigenvalue weighted by molar-refractivity contribution is 0.289. The number of aliphatic hydroxyl groups excluding tert-OH is 1. The van der Waals surface area contributed by atoms with Gasteiger partial charge in [0.1, 0.15) is 6.07 Å². The Morgan fingerprint density at radius 3 is 2.81 bits per heavy atom. The van der Waals surface area contributed by atoms with Gasteiger partial charge in [0.2, 0.25) is 0 Å². The highest BCUT2D eigenvalue weighted by atomic mass is 35.5. The molecular weight excluding hydrogens is 224 g/mol. The number of hydrogen-bond donors (Lipinski definition) is 1. The second-order valence-electron chi connectivity index (χ2n) is 3.43. The molecule has 0 aromatic heterocycles. The maximum atomic E-state index is 9.01. The molecule has 0 aliphatic rings. The molecule has 3 nitrogen and oxygen atoms in total. The molecule has 1 aromatic rings. The molecular formula is C12H15ClN2O. The van der Waals surface area contributed by atoms with Gasteiger partial charge in [0.25, 0.3) is 0 Å². The Morgan fingerprint density at radius 1 is 1.50 bits per heavy atom. The Labute approximate surface area is 101 Å². The van der Waals surface area contributed by atoms with E-state index < -0.39 is 0 Å². The van der Waals surface area contributed by atoms with Crippen LogP contribution in [0, 0.1) is 11.3 Å². The quantitative estimate of drug-likeness (QED) is 0.857. The van der Waals surface area contributed by atoms with Crippen molar-refractivity contribution in [2.45, 2.75) is 13.3 Å². The van der Waals surface area contributed by atoms with Gasteiger partial charge in [-0.05, 0) is 31.5 Å². The molecule has 0 spiro atoms. The zero-order valence-electron chi connectivity index (χ0n) is 9.28. The Morgan fingerprint density at radius 2 is 2.25 bits per heavy atom. The number of nitriles is 1. The zero-order valence-corrected chi connectivity index (χ0v) is 10.0. The number of anilines is 1. The lowest BCUT2D eigenvalue weighted by Gasteiger charge is -2.23. The third-order valence-electron chi connectivity index (χ3n) is 2.39. The molecule has 1 rings (SSSR count).